The Bertz CT molecular complexity index is 400. The molecule has 0 aromatic carbocycles. The minimum absolute atomic E-state index is 0.0238. The van der Waals surface area contributed by atoms with Gasteiger partial charge in [-0.05, 0) is 46.9 Å². The number of rotatable bonds is 5. The van der Waals surface area contributed by atoms with Gasteiger partial charge in [-0.25, -0.2) is 0 Å². The van der Waals surface area contributed by atoms with E-state index in [0.29, 0.717) is 0 Å². The monoisotopic (exact) mass is 327 g/mol. The molecular weight excluding hydrogens is 306 g/mol. The van der Waals surface area contributed by atoms with Gasteiger partial charge in [0.1, 0.15) is 0 Å². The molecule has 2 N–H and O–H groups in total. The lowest BCUT2D eigenvalue weighted by molar-refractivity contribution is -0.0400. The lowest BCUT2D eigenvalue weighted by Gasteiger charge is -2.35. The Morgan fingerprint density at radius 3 is 3.16 bits per heavy atom. The molecule has 4 nitrogen and oxygen atoms in total. The summed E-state index contributed by atoms with van der Waals surface area (Å²) in [5, 5.41) is 0. The normalized spacial score (nSPS) is 22.4. The Labute approximate surface area is 123 Å². The molecule has 5 heteroatoms. The van der Waals surface area contributed by atoms with E-state index < -0.39 is 0 Å². The first kappa shape index (κ1) is 14.9. The van der Waals surface area contributed by atoms with Crippen molar-refractivity contribution in [3.63, 3.8) is 0 Å². The highest BCUT2D eigenvalue weighted by Gasteiger charge is 2.25. The number of halogens is 1. The first-order valence-electron chi connectivity index (χ1n) is 6.88. The number of nitrogens with two attached hydrogens (primary N) is 1. The van der Waals surface area contributed by atoms with Crippen LogP contribution in [-0.2, 0) is 11.2 Å². The zero-order valence-corrected chi connectivity index (χ0v) is 13.0. The quantitative estimate of drug-likeness (QED) is 0.896. The van der Waals surface area contributed by atoms with Gasteiger partial charge in [-0.1, -0.05) is 6.92 Å². The number of nitrogens with zero attached hydrogens (tertiary/aromatic N) is 2. The van der Waals surface area contributed by atoms with Gasteiger partial charge in [0.15, 0.2) is 0 Å². The Morgan fingerprint density at radius 1 is 1.58 bits per heavy atom. The number of hydrogen-bond acceptors (Lipinski definition) is 4. The van der Waals surface area contributed by atoms with Gasteiger partial charge < -0.3 is 10.5 Å². The maximum Gasteiger partial charge on any atom is 0.0856 e. The van der Waals surface area contributed by atoms with Crippen molar-refractivity contribution in [2.24, 2.45) is 5.73 Å². The highest BCUT2D eigenvalue weighted by molar-refractivity contribution is 9.10. The minimum atomic E-state index is 0.0238. The minimum Gasteiger partial charge on any atom is -0.374 e. The first-order valence-corrected chi connectivity index (χ1v) is 7.67. The largest absolute Gasteiger partial charge is 0.374 e. The molecule has 1 fully saturated rings. The van der Waals surface area contributed by atoms with Crippen LogP contribution in [0.15, 0.2) is 22.9 Å². The van der Waals surface area contributed by atoms with Gasteiger partial charge in [0.05, 0.1) is 12.7 Å². The van der Waals surface area contributed by atoms with Crippen LogP contribution in [0, 0.1) is 0 Å². The van der Waals surface area contributed by atoms with E-state index in [1.807, 2.05) is 6.20 Å². The second-order valence-electron chi connectivity index (χ2n) is 5.09. The van der Waals surface area contributed by atoms with Crippen molar-refractivity contribution >= 4 is 15.9 Å². The summed E-state index contributed by atoms with van der Waals surface area (Å²) in [6.07, 6.45) is 5.76. The van der Waals surface area contributed by atoms with E-state index in [9.17, 15) is 0 Å². The van der Waals surface area contributed by atoms with E-state index in [2.05, 4.69) is 38.8 Å². The predicted molar refractivity (Wildman–Crippen MR) is 80.1 cm³/mol. The topological polar surface area (TPSA) is 51.4 Å². The van der Waals surface area contributed by atoms with Gasteiger partial charge >= 0.3 is 0 Å². The number of hydrogen-bond donors (Lipinski definition) is 1. The van der Waals surface area contributed by atoms with E-state index in [0.717, 1.165) is 42.7 Å². The van der Waals surface area contributed by atoms with E-state index in [1.165, 1.54) is 6.42 Å². The Balaban J connectivity index is 1.90. The standard InChI is InChI=1S/C14H22BrN3O/c1-2-3-18-4-5-19-14(10-18)13(16)7-11-6-12(15)9-17-8-11/h6,8-9,13-14H,2-5,7,10,16H2,1H3. The smallest absolute Gasteiger partial charge is 0.0856 e. The van der Waals surface area contributed by atoms with Crippen molar-refractivity contribution in [3.8, 4) is 0 Å². The van der Waals surface area contributed by atoms with Crippen LogP contribution in [0.4, 0.5) is 0 Å². The summed E-state index contributed by atoms with van der Waals surface area (Å²) in [5.41, 5.74) is 7.45. The molecule has 2 rings (SSSR count). The van der Waals surface area contributed by atoms with Crippen LogP contribution >= 0.6 is 15.9 Å². The molecule has 19 heavy (non-hydrogen) atoms. The summed E-state index contributed by atoms with van der Waals surface area (Å²) in [6.45, 7) is 6.09. The van der Waals surface area contributed by atoms with E-state index in [1.54, 1.807) is 6.20 Å². The van der Waals surface area contributed by atoms with Gasteiger partial charge in [0, 0.05) is 36.0 Å². The van der Waals surface area contributed by atoms with E-state index in [-0.39, 0.29) is 12.1 Å². The molecule has 0 saturated carbocycles. The second-order valence-corrected chi connectivity index (χ2v) is 6.00. The molecular formula is C14H22BrN3O. The molecule has 0 spiro atoms. The molecule has 0 bridgehead atoms. The van der Waals surface area contributed by atoms with E-state index >= 15 is 0 Å². The number of ether oxygens (including phenoxy) is 1. The molecule has 2 unspecified atom stereocenters. The third-order valence-corrected chi connectivity index (χ3v) is 3.86. The molecule has 0 aliphatic carbocycles. The Kier molecular flexibility index (Phi) is 5.76. The molecule has 2 atom stereocenters. The van der Waals surface area contributed by atoms with Crippen molar-refractivity contribution in [3.05, 3.63) is 28.5 Å². The van der Waals surface area contributed by atoms with Crippen LogP contribution in [0.2, 0.25) is 0 Å². The summed E-state index contributed by atoms with van der Waals surface area (Å²) >= 11 is 3.44. The molecule has 1 aliphatic heterocycles. The number of morpholine rings is 1. The SMILES string of the molecule is CCCN1CCOC(C(N)Cc2cncc(Br)c2)C1. The summed E-state index contributed by atoms with van der Waals surface area (Å²) in [6, 6.07) is 2.09. The van der Waals surface area contributed by atoms with Gasteiger partial charge in [0.2, 0.25) is 0 Å². The second kappa shape index (κ2) is 7.33. The fourth-order valence-corrected chi connectivity index (χ4v) is 2.89. The lowest BCUT2D eigenvalue weighted by atomic mass is 10.0. The summed E-state index contributed by atoms with van der Waals surface area (Å²) < 4.78 is 6.81. The summed E-state index contributed by atoms with van der Waals surface area (Å²) in [4.78, 5) is 6.61. The summed E-state index contributed by atoms with van der Waals surface area (Å²) in [7, 11) is 0. The van der Waals surface area contributed by atoms with Crippen LogP contribution < -0.4 is 5.73 Å². The maximum absolute atomic E-state index is 6.29. The van der Waals surface area contributed by atoms with Crippen LogP contribution in [0.3, 0.4) is 0 Å². The molecule has 1 saturated heterocycles. The average Bonchev–Trinajstić information content (AvgIpc) is 2.39. The Morgan fingerprint density at radius 2 is 2.42 bits per heavy atom. The number of aromatic nitrogens is 1. The zero-order chi connectivity index (χ0) is 13.7. The molecule has 2 heterocycles. The van der Waals surface area contributed by atoms with Gasteiger partial charge in [-0.15, -0.1) is 0 Å². The highest BCUT2D eigenvalue weighted by atomic mass is 79.9. The fraction of sp³-hybridized carbons (Fsp3) is 0.643. The molecule has 0 radical (unpaired) electrons. The third kappa shape index (κ3) is 4.53. The van der Waals surface area contributed by atoms with Crippen molar-refractivity contribution in [2.45, 2.75) is 31.9 Å². The van der Waals surface area contributed by atoms with Gasteiger partial charge in [-0.3, -0.25) is 9.88 Å². The molecule has 1 aromatic heterocycles. The van der Waals surface area contributed by atoms with Crippen molar-refractivity contribution in [1.82, 2.24) is 9.88 Å². The van der Waals surface area contributed by atoms with Gasteiger partial charge in [0.25, 0.3) is 0 Å². The lowest BCUT2D eigenvalue weighted by Crippen LogP contribution is -2.51. The molecule has 1 aromatic rings. The predicted octanol–water partition coefficient (Wildman–Crippen LogP) is 1.82. The first-order chi connectivity index (χ1) is 9.19. The number of pyridine rings is 1. The van der Waals surface area contributed by atoms with Crippen molar-refractivity contribution in [1.29, 1.82) is 0 Å². The van der Waals surface area contributed by atoms with Crippen LogP contribution in [0.25, 0.3) is 0 Å². The maximum atomic E-state index is 6.29. The summed E-state index contributed by atoms with van der Waals surface area (Å²) in [5.74, 6) is 0. The van der Waals surface area contributed by atoms with E-state index in [4.69, 9.17) is 10.5 Å². The van der Waals surface area contributed by atoms with Crippen LogP contribution in [-0.4, -0.2) is 48.3 Å². The van der Waals surface area contributed by atoms with Crippen LogP contribution in [0.5, 0.6) is 0 Å². The molecule has 1 aliphatic rings. The average molecular weight is 328 g/mol. The Hall–Kier alpha value is -0.490. The zero-order valence-electron chi connectivity index (χ0n) is 11.4. The third-order valence-electron chi connectivity index (χ3n) is 3.43. The molecule has 106 valence electrons. The van der Waals surface area contributed by atoms with Gasteiger partial charge in [-0.2, -0.15) is 0 Å². The fourth-order valence-electron chi connectivity index (χ4n) is 2.48. The van der Waals surface area contributed by atoms with Crippen LogP contribution in [0.1, 0.15) is 18.9 Å². The van der Waals surface area contributed by atoms with Crippen molar-refractivity contribution in [2.75, 3.05) is 26.2 Å². The highest BCUT2D eigenvalue weighted by Crippen LogP contribution is 2.15. The van der Waals surface area contributed by atoms with Crippen molar-refractivity contribution < 1.29 is 4.74 Å². The molecule has 0 amide bonds.